The lowest BCUT2D eigenvalue weighted by Gasteiger charge is -2.29. The normalized spacial score (nSPS) is 16.3. The summed E-state index contributed by atoms with van der Waals surface area (Å²) in [6, 6.07) is 0. The zero-order valence-electron chi connectivity index (χ0n) is 14.2. The van der Waals surface area contributed by atoms with Crippen LogP contribution in [0.25, 0.3) is 0 Å². The monoisotopic (exact) mass is 290 g/mol. The van der Waals surface area contributed by atoms with Crippen LogP contribution in [0.4, 0.5) is 11.6 Å². The van der Waals surface area contributed by atoms with Crippen LogP contribution in [0.2, 0.25) is 0 Å². The highest BCUT2D eigenvalue weighted by Gasteiger charge is 2.19. The average Bonchev–Trinajstić information content (AvgIpc) is 2.48. The molecule has 1 saturated carbocycles. The average molecular weight is 290 g/mol. The van der Waals surface area contributed by atoms with Gasteiger partial charge in [-0.1, -0.05) is 33.1 Å². The van der Waals surface area contributed by atoms with Gasteiger partial charge in [-0.3, -0.25) is 0 Å². The van der Waals surface area contributed by atoms with Crippen LogP contribution in [-0.2, 0) is 0 Å². The molecule has 1 aliphatic rings. The lowest BCUT2D eigenvalue weighted by molar-refractivity contribution is 0.361. The van der Waals surface area contributed by atoms with Crippen molar-refractivity contribution in [3.05, 3.63) is 11.4 Å². The first-order valence-electron chi connectivity index (χ1n) is 8.30. The number of nitrogens with one attached hydrogen (secondary N) is 1. The van der Waals surface area contributed by atoms with Gasteiger partial charge in [0.15, 0.2) is 0 Å². The summed E-state index contributed by atoms with van der Waals surface area (Å²) in [6.07, 6.45) is 6.92. The van der Waals surface area contributed by atoms with Crippen molar-refractivity contribution >= 4 is 11.6 Å². The first-order chi connectivity index (χ1) is 10.0. The summed E-state index contributed by atoms with van der Waals surface area (Å²) in [7, 11) is 4.11. The molecule has 2 rings (SSSR count). The maximum atomic E-state index is 4.82. The van der Waals surface area contributed by atoms with E-state index in [9.17, 15) is 0 Å². The molecule has 1 aliphatic carbocycles. The minimum absolute atomic E-state index is 0.347. The molecule has 0 aliphatic heterocycles. The maximum Gasteiger partial charge on any atom is 0.137 e. The fourth-order valence-electron chi connectivity index (χ4n) is 3.24. The second-order valence-corrected chi connectivity index (χ2v) is 6.67. The van der Waals surface area contributed by atoms with Crippen LogP contribution >= 0.6 is 0 Å². The van der Waals surface area contributed by atoms with Gasteiger partial charge in [0, 0.05) is 32.1 Å². The van der Waals surface area contributed by atoms with E-state index in [4.69, 9.17) is 4.98 Å². The summed E-state index contributed by atoms with van der Waals surface area (Å²) < 4.78 is 0. The van der Waals surface area contributed by atoms with Gasteiger partial charge in [-0.25, -0.2) is 9.97 Å². The molecule has 1 N–H and O–H groups in total. The lowest BCUT2D eigenvalue weighted by Crippen LogP contribution is -2.29. The number of aromatic nitrogens is 2. The van der Waals surface area contributed by atoms with Crippen molar-refractivity contribution in [2.75, 3.05) is 30.9 Å². The molecule has 0 bridgehead atoms. The van der Waals surface area contributed by atoms with Crippen LogP contribution in [0, 0.1) is 12.8 Å². The second kappa shape index (κ2) is 7.10. The third-order valence-electron chi connectivity index (χ3n) is 4.51. The van der Waals surface area contributed by atoms with E-state index in [1.54, 1.807) is 0 Å². The molecule has 0 aromatic carbocycles. The number of anilines is 2. The molecule has 4 heteroatoms. The topological polar surface area (TPSA) is 41.1 Å². The highest BCUT2D eigenvalue weighted by molar-refractivity contribution is 5.58. The molecule has 1 fully saturated rings. The van der Waals surface area contributed by atoms with E-state index in [0.717, 1.165) is 35.5 Å². The Labute approximate surface area is 129 Å². The Balaban J connectivity index is 2.21. The van der Waals surface area contributed by atoms with E-state index in [-0.39, 0.29) is 0 Å². The van der Waals surface area contributed by atoms with E-state index in [1.807, 2.05) is 7.05 Å². The molecule has 1 aromatic rings. The first-order valence-corrected chi connectivity index (χ1v) is 8.30. The van der Waals surface area contributed by atoms with Crippen molar-refractivity contribution in [1.82, 2.24) is 9.97 Å². The van der Waals surface area contributed by atoms with E-state index in [2.05, 4.69) is 43.0 Å². The molecule has 0 atom stereocenters. The Bertz CT molecular complexity index is 464. The van der Waals surface area contributed by atoms with Crippen molar-refractivity contribution in [3.63, 3.8) is 0 Å². The van der Waals surface area contributed by atoms with Crippen LogP contribution in [0.3, 0.4) is 0 Å². The van der Waals surface area contributed by atoms with Crippen LogP contribution in [0.1, 0.15) is 63.3 Å². The van der Waals surface area contributed by atoms with E-state index in [1.165, 1.54) is 32.1 Å². The predicted molar refractivity (Wildman–Crippen MR) is 90.2 cm³/mol. The number of hydrogen-bond donors (Lipinski definition) is 1. The molecule has 1 heterocycles. The molecule has 21 heavy (non-hydrogen) atoms. The summed E-state index contributed by atoms with van der Waals surface area (Å²) in [4.78, 5) is 11.8. The largest absolute Gasteiger partial charge is 0.373 e. The quantitative estimate of drug-likeness (QED) is 0.891. The summed E-state index contributed by atoms with van der Waals surface area (Å²) >= 11 is 0. The van der Waals surface area contributed by atoms with Crippen LogP contribution < -0.4 is 10.2 Å². The number of rotatable bonds is 5. The Hall–Kier alpha value is -1.32. The third-order valence-corrected chi connectivity index (χ3v) is 4.51. The van der Waals surface area contributed by atoms with Gasteiger partial charge in [-0.2, -0.15) is 0 Å². The van der Waals surface area contributed by atoms with Crippen molar-refractivity contribution in [1.29, 1.82) is 0 Å². The SMILES string of the molecule is CNc1nc(C(C)C)nc(N(C)CC2CCCCC2)c1C. The molecule has 0 amide bonds. The van der Waals surface area contributed by atoms with Gasteiger partial charge in [-0.05, 0) is 25.7 Å². The minimum Gasteiger partial charge on any atom is -0.373 e. The Morgan fingerprint density at radius 3 is 2.43 bits per heavy atom. The van der Waals surface area contributed by atoms with Gasteiger partial charge in [0.1, 0.15) is 17.5 Å². The Morgan fingerprint density at radius 2 is 1.86 bits per heavy atom. The number of hydrogen-bond acceptors (Lipinski definition) is 4. The zero-order valence-corrected chi connectivity index (χ0v) is 14.2. The molecule has 1 aromatic heterocycles. The van der Waals surface area contributed by atoms with E-state index >= 15 is 0 Å². The van der Waals surface area contributed by atoms with Gasteiger partial charge in [-0.15, -0.1) is 0 Å². The maximum absolute atomic E-state index is 4.82. The molecular formula is C17H30N4. The van der Waals surface area contributed by atoms with Crippen molar-refractivity contribution in [2.24, 2.45) is 5.92 Å². The first kappa shape index (κ1) is 16.1. The number of nitrogens with zero attached hydrogens (tertiary/aromatic N) is 3. The van der Waals surface area contributed by atoms with Gasteiger partial charge >= 0.3 is 0 Å². The standard InChI is InChI=1S/C17H30N4/c1-12(2)15-19-16(18-4)13(3)17(20-15)21(5)11-14-9-7-6-8-10-14/h12,14H,6-11H2,1-5H3,(H,18,19,20). The van der Waals surface area contributed by atoms with Gasteiger partial charge < -0.3 is 10.2 Å². The molecular weight excluding hydrogens is 260 g/mol. The fourth-order valence-corrected chi connectivity index (χ4v) is 3.24. The molecule has 0 spiro atoms. The Morgan fingerprint density at radius 1 is 1.19 bits per heavy atom. The summed E-state index contributed by atoms with van der Waals surface area (Å²) in [5.41, 5.74) is 1.15. The van der Waals surface area contributed by atoms with Crippen molar-refractivity contribution in [2.45, 2.75) is 58.8 Å². The molecule has 0 radical (unpaired) electrons. The second-order valence-electron chi connectivity index (χ2n) is 6.67. The van der Waals surface area contributed by atoms with Crippen molar-refractivity contribution in [3.8, 4) is 0 Å². The molecule has 0 saturated heterocycles. The summed E-state index contributed by atoms with van der Waals surface area (Å²) in [5, 5.41) is 3.21. The molecule has 4 nitrogen and oxygen atoms in total. The third kappa shape index (κ3) is 3.86. The molecule has 0 unspecified atom stereocenters. The van der Waals surface area contributed by atoms with Gasteiger partial charge in [0.25, 0.3) is 0 Å². The summed E-state index contributed by atoms with van der Waals surface area (Å²) in [5.74, 6) is 4.14. The van der Waals surface area contributed by atoms with Crippen LogP contribution in [0.15, 0.2) is 0 Å². The van der Waals surface area contributed by atoms with Crippen LogP contribution in [0.5, 0.6) is 0 Å². The zero-order chi connectivity index (χ0) is 15.4. The van der Waals surface area contributed by atoms with E-state index < -0.39 is 0 Å². The highest BCUT2D eigenvalue weighted by Crippen LogP contribution is 2.29. The van der Waals surface area contributed by atoms with Crippen LogP contribution in [-0.4, -0.2) is 30.6 Å². The summed E-state index contributed by atoms with van der Waals surface area (Å²) in [6.45, 7) is 7.52. The van der Waals surface area contributed by atoms with Crippen molar-refractivity contribution < 1.29 is 0 Å². The smallest absolute Gasteiger partial charge is 0.137 e. The predicted octanol–water partition coefficient (Wildman–Crippen LogP) is 3.97. The van der Waals surface area contributed by atoms with Gasteiger partial charge in [0.05, 0.1) is 0 Å². The minimum atomic E-state index is 0.347. The lowest BCUT2D eigenvalue weighted by atomic mass is 9.89. The van der Waals surface area contributed by atoms with Gasteiger partial charge in [0.2, 0.25) is 0 Å². The molecule has 118 valence electrons. The van der Waals surface area contributed by atoms with E-state index in [0.29, 0.717) is 5.92 Å². The fraction of sp³-hybridized carbons (Fsp3) is 0.765. The Kier molecular flexibility index (Phi) is 5.43. The highest BCUT2D eigenvalue weighted by atomic mass is 15.2.